The molecular weight excluding hydrogens is 665 g/mol. The molecule has 4 nitrogen and oxygen atoms in total. The van der Waals surface area contributed by atoms with Crippen LogP contribution in [-0.4, -0.2) is 37.0 Å². The molecule has 0 saturated heterocycles. The standard InChI is InChI=1S/C50H92O4/c1-3-5-7-9-11-13-15-17-19-21-23-25-27-29-31-33-35-37-39-41-43-45-50(52)54-49(47-51)48-53-46-44-42-40-38-36-34-32-30-28-26-24-22-20-18-16-14-12-10-8-6-4-2/h5,7,11,13,17,19,23,25,49,51H,3-4,6,8-10,12,14-16,18,20-22,24,26-48H2,1-2H3/b7-5-,13-11-,19-17-,25-23-. The molecule has 0 fully saturated rings. The summed E-state index contributed by atoms with van der Waals surface area (Å²) in [4.78, 5) is 12.2. The quantitative estimate of drug-likeness (QED) is 0.0382. The van der Waals surface area contributed by atoms with Gasteiger partial charge in [0.1, 0.15) is 6.10 Å². The minimum absolute atomic E-state index is 0.173. The van der Waals surface area contributed by atoms with E-state index in [0.717, 1.165) is 44.9 Å². The van der Waals surface area contributed by atoms with E-state index >= 15 is 0 Å². The summed E-state index contributed by atoms with van der Waals surface area (Å²) in [6, 6.07) is 0. The number of carbonyl (C=O) groups is 1. The Bertz CT molecular complexity index is 844. The van der Waals surface area contributed by atoms with Crippen molar-refractivity contribution in [3.05, 3.63) is 48.6 Å². The van der Waals surface area contributed by atoms with Crippen molar-refractivity contribution in [2.45, 2.75) is 245 Å². The van der Waals surface area contributed by atoms with Gasteiger partial charge in [-0.2, -0.15) is 0 Å². The highest BCUT2D eigenvalue weighted by Crippen LogP contribution is 2.16. The van der Waals surface area contributed by atoms with E-state index in [-0.39, 0.29) is 12.6 Å². The van der Waals surface area contributed by atoms with Crippen LogP contribution in [0.3, 0.4) is 0 Å². The number of aliphatic hydroxyl groups is 1. The van der Waals surface area contributed by atoms with Gasteiger partial charge in [0.15, 0.2) is 0 Å². The Morgan fingerprint density at radius 1 is 0.463 bits per heavy atom. The Morgan fingerprint density at radius 2 is 0.833 bits per heavy atom. The van der Waals surface area contributed by atoms with Gasteiger partial charge in [-0.1, -0.05) is 229 Å². The maximum absolute atomic E-state index is 12.2. The van der Waals surface area contributed by atoms with Crippen LogP contribution in [0.2, 0.25) is 0 Å². The van der Waals surface area contributed by atoms with E-state index < -0.39 is 6.10 Å². The molecule has 316 valence electrons. The van der Waals surface area contributed by atoms with Gasteiger partial charge < -0.3 is 14.6 Å². The van der Waals surface area contributed by atoms with E-state index in [1.165, 1.54) is 173 Å². The molecule has 0 aliphatic rings. The zero-order valence-corrected chi connectivity index (χ0v) is 36.2. The van der Waals surface area contributed by atoms with Gasteiger partial charge in [-0.25, -0.2) is 0 Å². The summed E-state index contributed by atoms with van der Waals surface area (Å²) in [6.07, 6.45) is 61.9. The van der Waals surface area contributed by atoms with Crippen molar-refractivity contribution >= 4 is 5.97 Å². The lowest BCUT2D eigenvalue weighted by Crippen LogP contribution is -2.27. The van der Waals surface area contributed by atoms with Gasteiger partial charge in [0.05, 0.1) is 13.2 Å². The lowest BCUT2D eigenvalue weighted by Gasteiger charge is -2.16. The Kier molecular flexibility index (Phi) is 46.0. The second-order valence-electron chi connectivity index (χ2n) is 15.8. The Hall–Kier alpha value is -1.65. The fourth-order valence-corrected chi connectivity index (χ4v) is 6.91. The average molecular weight is 757 g/mol. The van der Waals surface area contributed by atoms with Crippen molar-refractivity contribution in [2.24, 2.45) is 0 Å². The predicted molar refractivity (Wildman–Crippen MR) is 237 cm³/mol. The molecule has 0 aliphatic heterocycles. The zero-order valence-electron chi connectivity index (χ0n) is 36.2. The minimum Gasteiger partial charge on any atom is -0.457 e. The van der Waals surface area contributed by atoms with Gasteiger partial charge in [0.25, 0.3) is 0 Å². The highest BCUT2D eigenvalue weighted by molar-refractivity contribution is 5.69. The van der Waals surface area contributed by atoms with Crippen molar-refractivity contribution in [3.8, 4) is 0 Å². The molecule has 0 amide bonds. The van der Waals surface area contributed by atoms with Crippen LogP contribution in [-0.2, 0) is 14.3 Å². The van der Waals surface area contributed by atoms with Crippen LogP contribution < -0.4 is 0 Å². The first kappa shape index (κ1) is 52.3. The average Bonchev–Trinajstić information content (AvgIpc) is 3.18. The van der Waals surface area contributed by atoms with Gasteiger partial charge >= 0.3 is 5.97 Å². The van der Waals surface area contributed by atoms with Gasteiger partial charge in [-0.15, -0.1) is 0 Å². The SMILES string of the molecule is CC/C=C\C/C=C\C/C=C\C/C=C\CCCCCCCCCCC(=O)OC(CO)COCCCCCCCCCCCCCCCCCCCCCCC. The molecule has 54 heavy (non-hydrogen) atoms. The fourth-order valence-electron chi connectivity index (χ4n) is 6.91. The molecule has 0 aromatic carbocycles. The summed E-state index contributed by atoms with van der Waals surface area (Å²) in [6.45, 7) is 5.26. The van der Waals surface area contributed by atoms with Crippen LogP contribution >= 0.6 is 0 Å². The summed E-state index contributed by atoms with van der Waals surface area (Å²) < 4.78 is 11.2. The maximum Gasteiger partial charge on any atom is 0.306 e. The maximum atomic E-state index is 12.2. The number of carbonyl (C=O) groups excluding carboxylic acids is 1. The van der Waals surface area contributed by atoms with Crippen molar-refractivity contribution in [1.82, 2.24) is 0 Å². The summed E-state index contributed by atoms with van der Waals surface area (Å²) in [5.74, 6) is -0.206. The van der Waals surface area contributed by atoms with Crippen LogP contribution in [0.5, 0.6) is 0 Å². The molecule has 0 aromatic heterocycles. The number of allylic oxidation sites excluding steroid dienone is 8. The van der Waals surface area contributed by atoms with Crippen LogP contribution in [0.15, 0.2) is 48.6 Å². The second-order valence-corrected chi connectivity index (χ2v) is 15.8. The van der Waals surface area contributed by atoms with E-state index in [1.54, 1.807) is 0 Å². The molecule has 0 bridgehead atoms. The molecule has 0 heterocycles. The third-order valence-corrected chi connectivity index (χ3v) is 10.4. The third-order valence-electron chi connectivity index (χ3n) is 10.4. The van der Waals surface area contributed by atoms with E-state index in [2.05, 4.69) is 62.5 Å². The molecule has 0 spiro atoms. The first-order valence-corrected chi connectivity index (χ1v) is 23.7. The molecule has 1 atom stereocenters. The van der Waals surface area contributed by atoms with Crippen molar-refractivity contribution in [1.29, 1.82) is 0 Å². The van der Waals surface area contributed by atoms with E-state index in [4.69, 9.17) is 9.47 Å². The molecule has 1 N–H and O–H groups in total. The van der Waals surface area contributed by atoms with Crippen molar-refractivity contribution < 1.29 is 19.4 Å². The number of aliphatic hydroxyl groups excluding tert-OH is 1. The highest BCUT2D eigenvalue weighted by atomic mass is 16.6. The molecule has 4 heteroatoms. The third kappa shape index (κ3) is 44.7. The van der Waals surface area contributed by atoms with E-state index in [1.807, 2.05) is 0 Å². The van der Waals surface area contributed by atoms with E-state index in [0.29, 0.717) is 19.6 Å². The van der Waals surface area contributed by atoms with Gasteiger partial charge in [0.2, 0.25) is 0 Å². The highest BCUT2D eigenvalue weighted by Gasteiger charge is 2.13. The summed E-state index contributed by atoms with van der Waals surface area (Å²) in [7, 11) is 0. The van der Waals surface area contributed by atoms with Gasteiger partial charge in [-0.05, 0) is 51.4 Å². The number of hydrogen-bond donors (Lipinski definition) is 1. The number of unbranched alkanes of at least 4 members (excludes halogenated alkanes) is 28. The van der Waals surface area contributed by atoms with Gasteiger partial charge in [-0.3, -0.25) is 4.79 Å². The van der Waals surface area contributed by atoms with Crippen LogP contribution in [0, 0.1) is 0 Å². The summed E-state index contributed by atoms with van der Waals surface area (Å²) in [5, 5.41) is 9.63. The molecule has 0 radical (unpaired) electrons. The number of rotatable bonds is 44. The lowest BCUT2D eigenvalue weighted by molar-refractivity contribution is -0.154. The smallest absolute Gasteiger partial charge is 0.306 e. The summed E-state index contributed by atoms with van der Waals surface area (Å²) >= 11 is 0. The number of esters is 1. The van der Waals surface area contributed by atoms with Crippen molar-refractivity contribution in [2.75, 3.05) is 19.8 Å². The molecule has 0 rings (SSSR count). The Morgan fingerprint density at radius 3 is 1.26 bits per heavy atom. The largest absolute Gasteiger partial charge is 0.457 e. The molecule has 0 saturated carbocycles. The predicted octanol–water partition coefficient (Wildman–Crippen LogP) is 15.8. The normalized spacial score (nSPS) is 12.7. The molecular formula is C50H92O4. The van der Waals surface area contributed by atoms with E-state index in [9.17, 15) is 9.90 Å². The van der Waals surface area contributed by atoms with Gasteiger partial charge in [0, 0.05) is 13.0 Å². The topological polar surface area (TPSA) is 55.8 Å². The molecule has 0 aliphatic carbocycles. The Labute approximate surface area is 337 Å². The van der Waals surface area contributed by atoms with Crippen LogP contribution in [0.25, 0.3) is 0 Å². The molecule has 1 unspecified atom stereocenters. The number of hydrogen-bond acceptors (Lipinski definition) is 4. The second kappa shape index (κ2) is 47.5. The lowest BCUT2D eigenvalue weighted by atomic mass is 10.0. The number of ether oxygens (including phenoxy) is 2. The zero-order chi connectivity index (χ0) is 39.1. The first-order valence-electron chi connectivity index (χ1n) is 23.7. The fraction of sp³-hybridized carbons (Fsp3) is 0.820. The first-order chi connectivity index (χ1) is 26.7. The van der Waals surface area contributed by atoms with Crippen molar-refractivity contribution in [3.63, 3.8) is 0 Å². The van der Waals surface area contributed by atoms with Crippen LogP contribution in [0.4, 0.5) is 0 Å². The monoisotopic (exact) mass is 757 g/mol. The molecule has 0 aromatic rings. The Balaban J connectivity index is 3.41. The summed E-state index contributed by atoms with van der Waals surface area (Å²) in [5.41, 5.74) is 0. The van der Waals surface area contributed by atoms with Crippen LogP contribution in [0.1, 0.15) is 239 Å². The minimum atomic E-state index is -0.538.